The number of aromatic nitrogens is 1. The highest BCUT2D eigenvalue weighted by Crippen LogP contribution is 2.22. The van der Waals surface area contributed by atoms with Gasteiger partial charge in [-0.05, 0) is 30.3 Å². The molecule has 104 valence electrons. The second kappa shape index (κ2) is 7.00. The van der Waals surface area contributed by atoms with Gasteiger partial charge >= 0.3 is 0 Å². The highest BCUT2D eigenvalue weighted by atomic mass is 32.2. The van der Waals surface area contributed by atoms with Crippen molar-refractivity contribution < 1.29 is 13.6 Å². The summed E-state index contributed by atoms with van der Waals surface area (Å²) in [5, 5.41) is 2.66. The van der Waals surface area contributed by atoms with Gasteiger partial charge in [0.2, 0.25) is 5.91 Å². The molecule has 0 saturated heterocycles. The van der Waals surface area contributed by atoms with Crippen molar-refractivity contribution in [3.05, 3.63) is 59.9 Å². The third kappa shape index (κ3) is 4.31. The summed E-state index contributed by atoms with van der Waals surface area (Å²) < 4.78 is 26.3. The zero-order valence-corrected chi connectivity index (χ0v) is 11.3. The molecule has 0 aliphatic carbocycles. The van der Waals surface area contributed by atoms with Gasteiger partial charge in [0, 0.05) is 11.1 Å². The van der Waals surface area contributed by atoms with Crippen LogP contribution in [0.2, 0.25) is 0 Å². The van der Waals surface area contributed by atoms with Crippen LogP contribution in [-0.2, 0) is 11.3 Å². The van der Waals surface area contributed by atoms with Crippen LogP contribution in [0.1, 0.15) is 5.69 Å². The quantitative estimate of drug-likeness (QED) is 0.862. The third-order valence-corrected chi connectivity index (χ3v) is 3.48. The SMILES string of the molecule is O=C(CSc1cc(F)ccc1F)NCc1ccccn1. The first-order valence-corrected chi connectivity index (χ1v) is 6.88. The zero-order chi connectivity index (χ0) is 14.4. The first-order chi connectivity index (χ1) is 9.65. The first-order valence-electron chi connectivity index (χ1n) is 5.89. The molecule has 3 nitrogen and oxygen atoms in total. The van der Waals surface area contributed by atoms with Gasteiger partial charge in [-0.25, -0.2) is 8.78 Å². The Balaban J connectivity index is 1.82. The van der Waals surface area contributed by atoms with Crippen LogP contribution >= 0.6 is 11.8 Å². The summed E-state index contributed by atoms with van der Waals surface area (Å²) in [5.41, 5.74) is 0.739. The zero-order valence-electron chi connectivity index (χ0n) is 10.5. The Morgan fingerprint density at radius 1 is 1.25 bits per heavy atom. The molecule has 20 heavy (non-hydrogen) atoms. The molecular weight excluding hydrogens is 282 g/mol. The lowest BCUT2D eigenvalue weighted by atomic mass is 10.3. The van der Waals surface area contributed by atoms with Gasteiger partial charge in [-0.1, -0.05) is 6.07 Å². The molecule has 2 rings (SSSR count). The third-order valence-electron chi connectivity index (χ3n) is 2.44. The van der Waals surface area contributed by atoms with E-state index in [2.05, 4.69) is 10.3 Å². The van der Waals surface area contributed by atoms with Crippen LogP contribution < -0.4 is 5.32 Å². The molecule has 0 atom stereocenters. The van der Waals surface area contributed by atoms with Crippen LogP contribution in [-0.4, -0.2) is 16.6 Å². The summed E-state index contributed by atoms with van der Waals surface area (Å²) >= 11 is 0.957. The number of thioether (sulfide) groups is 1. The van der Waals surface area contributed by atoms with Crippen LogP contribution in [0.4, 0.5) is 8.78 Å². The monoisotopic (exact) mass is 294 g/mol. The predicted molar refractivity (Wildman–Crippen MR) is 73.2 cm³/mol. The number of amides is 1. The second-order valence-electron chi connectivity index (χ2n) is 3.96. The molecule has 1 aromatic heterocycles. The molecule has 0 unspecified atom stereocenters. The molecule has 0 aliphatic rings. The van der Waals surface area contributed by atoms with Crippen LogP contribution in [0, 0.1) is 11.6 Å². The lowest BCUT2D eigenvalue weighted by Crippen LogP contribution is -2.25. The van der Waals surface area contributed by atoms with Gasteiger partial charge < -0.3 is 5.32 Å². The maximum atomic E-state index is 13.3. The van der Waals surface area contributed by atoms with E-state index in [1.165, 1.54) is 0 Å². The molecular formula is C14H12F2N2OS. The fourth-order valence-electron chi connectivity index (χ4n) is 1.47. The minimum Gasteiger partial charge on any atom is -0.350 e. The van der Waals surface area contributed by atoms with Crippen LogP contribution in [0.3, 0.4) is 0 Å². The Kier molecular flexibility index (Phi) is 5.06. The number of carbonyl (C=O) groups excluding carboxylic acids is 1. The van der Waals surface area contributed by atoms with E-state index in [4.69, 9.17) is 0 Å². The minimum atomic E-state index is -0.533. The van der Waals surface area contributed by atoms with Gasteiger partial charge in [0.25, 0.3) is 0 Å². The number of nitrogens with zero attached hydrogens (tertiary/aromatic N) is 1. The van der Waals surface area contributed by atoms with E-state index < -0.39 is 11.6 Å². The minimum absolute atomic E-state index is 0.0210. The van der Waals surface area contributed by atoms with Crippen molar-refractivity contribution in [2.75, 3.05) is 5.75 Å². The Bertz CT molecular complexity index is 593. The summed E-state index contributed by atoms with van der Waals surface area (Å²) in [5.74, 6) is -1.30. The maximum absolute atomic E-state index is 13.3. The van der Waals surface area contributed by atoms with Crippen LogP contribution in [0.15, 0.2) is 47.5 Å². The van der Waals surface area contributed by atoms with E-state index in [1.54, 1.807) is 18.3 Å². The van der Waals surface area contributed by atoms with Gasteiger partial charge in [-0.3, -0.25) is 9.78 Å². The molecule has 1 N–H and O–H groups in total. The van der Waals surface area contributed by atoms with E-state index in [0.29, 0.717) is 6.54 Å². The van der Waals surface area contributed by atoms with E-state index in [9.17, 15) is 13.6 Å². The van der Waals surface area contributed by atoms with E-state index in [-0.39, 0.29) is 16.6 Å². The fourth-order valence-corrected chi connectivity index (χ4v) is 2.26. The molecule has 0 radical (unpaired) electrons. The molecule has 1 aromatic carbocycles. The fraction of sp³-hybridized carbons (Fsp3) is 0.143. The molecule has 2 aromatic rings. The van der Waals surface area contributed by atoms with Crippen LogP contribution in [0.5, 0.6) is 0 Å². The number of hydrogen-bond acceptors (Lipinski definition) is 3. The molecule has 0 saturated carbocycles. The number of carbonyl (C=O) groups is 1. The van der Waals surface area contributed by atoms with Crippen molar-refractivity contribution >= 4 is 17.7 Å². The Morgan fingerprint density at radius 3 is 2.85 bits per heavy atom. The van der Waals surface area contributed by atoms with Crippen molar-refractivity contribution in [3.8, 4) is 0 Å². The van der Waals surface area contributed by atoms with E-state index in [0.717, 1.165) is 35.7 Å². The number of rotatable bonds is 5. The Hall–Kier alpha value is -1.95. The molecule has 6 heteroatoms. The van der Waals surface area contributed by atoms with Crippen molar-refractivity contribution in [2.24, 2.45) is 0 Å². The molecule has 0 aliphatic heterocycles. The average molecular weight is 294 g/mol. The molecule has 0 fully saturated rings. The maximum Gasteiger partial charge on any atom is 0.230 e. The largest absolute Gasteiger partial charge is 0.350 e. The summed E-state index contributed by atoms with van der Waals surface area (Å²) in [4.78, 5) is 15.8. The van der Waals surface area contributed by atoms with Gasteiger partial charge in [-0.15, -0.1) is 11.8 Å². The smallest absolute Gasteiger partial charge is 0.230 e. The van der Waals surface area contributed by atoms with Crippen molar-refractivity contribution in [3.63, 3.8) is 0 Å². The van der Waals surface area contributed by atoms with Gasteiger partial charge in [0.05, 0.1) is 18.0 Å². The van der Waals surface area contributed by atoms with Crippen molar-refractivity contribution in [2.45, 2.75) is 11.4 Å². The highest BCUT2D eigenvalue weighted by molar-refractivity contribution is 8.00. The summed E-state index contributed by atoms with van der Waals surface area (Å²) in [6.07, 6.45) is 1.64. The number of nitrogens with one attached hydrogen (secondary N) is 1. The van der Waals surface area contributed by atoms with Crippen LogP contribution in [0.25, 0.3) is 0 Å². The number of hydrogen-bond donors (Lipinski definition) is 1. The highest BCUT2D eigenvalue weighted by Gasteiger charge is 2.08. The van der Waals surface area contributed by atoms with Crippen molar-refractivity contribution in [1.29, 1.82) is 0 Å². The average Bonchev–Trinajstić information content (AvgIpc) is 2.47. The number of halogens is 2. The number of pyridine rings is 1. The summed E-state index contributed by atoms with van der Waals surface area (Å²) in [7, 11) is 0. The second-order valence-corrected chi connectivity index (χ2v) is 4.98. The topological polar surface area (TPSA) is 42.0 Å². The standard InChI is InChI=1S/C14H12F2N2OS/c15-10-4-5-12(16)13(7-10)20-9-14(19)18-8-11-3-1-2-6-17-11/h1-7H,8-9H2,(H,18,19). The van der Waals surface area contributed by atoms with Gasteiger partial charge in [-0.2, -0.15) is 0 Å². The Labute approximate surface area is 119 Å². The predicted octanol–water partition coefficient (Wildman–Crippen LogP) is 2.77. The molecule has 1 amide bonds. The number of benzene rings is 1. The summed E-state index contributed by atoms with van der Waals surface area (Å²) in [6, 6.07) is 8.56. The molecule has 1 heterocycles. The van der Waals surface area contributed by atoms with Gasteiger partial charge in [0.1, 0.15) is 11.6 Å². The summed E-state index contributed by atoms with van der Waals surface area (Å²) in [6.45, 7) is 0.311. The Morgan fingerprint density at radius 2 is 2.10 bits per heavy atom. The van der Waals surface area contributed by atoms with E-state index in [1.807, 2.05) is 6.07 Å². The van der Waals surface area contributed by atoms with Crippen molar-refractivity contribution in [1.82, 2.24) is 10.3 Å². The van der Waals surface area contributed by atoms with E-state index >= 15 is 0 Å². The lowest BCUT2D eigenvalue weighted by molar-refractivity contribution is -0.118. The molecule has 0 bridgehead atoms. The normalized spacial score (nSPS) is 10.3. The molecule has 0 spiro atoms. The van der Waals surface area contributed by atoms with Gasteiger partial charge in [0.15, 0.2) is 0 Å². The first kappa shape index (κ1) is 14.5. The lowest BCUT2D eigenvalue weighted by Gasteiger charge is -2.05.